The number of thiophene rings is 1. The lowest BCUT2D eigenvalue weighted by Gasteiger charge is -2.15. The van der Waals surface area contributed by atoms with Crippen LogP contribution in [-0.2, 0) is 14.8 Å². The molecule has 0 aliphatic rings. The molecule has 0 fully saturated rings. The maximum Gasteiger partial charge on any atom is 0.321 e. The largest absolute Gasteiger partial charge is 0.480 e. The second-order valence-electron chi connectivity index (χ2n) is 4.33. The second-order valence-corrected chi connectivity index (χ2v) is 9.05. The first-order valence-electron chi connectivity index (χ1n) is 5.33. The predicted molar refractivity (Wildman–Crippen MR) is 78.2 cm³/mol. The van der Waals surface area contributed by atoms with Gasteiger partial charge in [-0.15, -0.1) is 11.3 Å². The molecule has 1 heterocycles. The van der Waals surface area contributed by atoms with E-state index in [0.717, 1.165) is 11.3 Å². The van der Waals surface area contributed by atoms with Crippen molar-refractivity contribution in [1.82, 2.24) is 4.72 Å². The van der Waals surface area contributed by atoms with E-state index in [9.17, 15) is 13.2 Å². The van der Waals surface area contributed by atoms with E-state index in [1.54, 1.807) is 0 Å². The highest BCUT2D eigenvalue weighted by molar-refractivity contribution is 9.11. The Kier molecular flexibility index (Phi) is 5.81. The lowest BCUT2D eigenvalue weighted by atomic mass is 10.1. The van der Waals surface area contributed by atoms with Crippen LogP contribution in [0.3, 0.4) is 0 Å². The maximum atomic E-state index is 12.1. The summed E-state index contributed by atoms with van der Waals surface area (Å²) in [6.45, 7) is 3.64. The fraction of sp³-hybridized carbons (Fsp3) is 0.500. The molecule has 5 nitrogen and oxygen atoms in total. The number of carboxylic acid groups (broad SMARTS) is 1. The van der Waals surface area contributed by atoms with Gasteiger partial charge in [0.15, 0.2) is 0 Å². The van der Waals surface area contributed by atoms with Crippen molar-refractivity contribution in [1.29, 1.82) is 0 Å². The van der Waals surface area contributed by atoms with E-state index in [1.165, 1.54) is 6.07 Å². The van der Waals surface area contributed by atoms with Crippen LogP contribution in [0, 0.1) is 5.92 Å². The number of halogens is 2. The van der Waals surface area contributed by atoms with Gasteiger partial charge in [-0.3, -0.25) is 4.79 Å². The van der Waals surface area contributed by atoms with Crippen LogP contribution in [0.4, 0.5) is 0 Å². The highest BCUT2D eigenvalue weighted by Gasteiger charge is 2.27. The van der Waals surface area contributed by atoms with E-state index < -0.39 is 22.0 Å². The first-order valence-corrected chi connectivity index (χ1v) is 8.80. The van der Waals surface area contributed by atoms with Gasteiger partial charge < -0.3 is 5.11 Å². The molecule has 0 aromatic carbocycles. The van der Waals surface area contributed by atoms with E-state index >= 15 is 0 Å². The number of hydrogen-bond donors (Lipinski definition) is 2. The van der Waals surface area contributed by atoms with Crippen molar-refractivity contribution in [3.63, 3.8) is 0 Å². The van der Waals surface area contributed by atoms with Crippen LogP contribution in [0.5, 0.6) is 0 Å². The summed E-state index contributed by atoms with van der Waals surface area (Å²) < 4.78 is 26.8. The van der Waals surface area contributed by atoms with Crippen molar-refractivity contribution >= 4 is 54.9 Å². The van der Waals surface area contributed by atoms with Gasteiger partial charge in [0, 0.05) is 0 Å². The minimum atomic E-state index is -3.88. The highest BCUT2D eigenvalue weighted by atomic mass is 79.9. The Morgan fingerprint density at radius 1 is 1.58 bits per heavy atom. The van der Waals surface area contributed by atoms with Crippen molar-refractivity contribution in [3.05, 3.63) is 14.9 Å². The molecule has 2 N–H and O–H groups in total. The molecule has 0 saturated carbocycles. The molecule has 0 bridgehead atoms. The van der Waals surface area contributed by atoms with Crippen LogP contribution in [-0.4, -0.2) is 25.5 Å². The zero-order valence-corrected chi connectivity index (χ0v) is 14.2. The SMILES string of the molecule is CC(C)C[C@@H](NS(=O)(=O)c1cc(Cl)c(Br)s1)C(=O)O. The summed E-state index contributed by atoms with van der Waals surface area (Å²) in [5.74, 6) is -1.14. The average molecular weight is 391 g/mol. The normalized spacial score (nSPS) is 13.7. The Labute approximate surface area is 129 Å². The molecule has 1 atom stereocenters. The first kappa shape index (κ1) is 16.9. The molecule has 1 aromatic heterocycles. The zero-order chi connectivity index (χ0) is 14.8. The van der Waals surface area contributed by atoms with Gasteiger partial charge in [0.2, 0.25) is 0 Å². The summed E-state index contributed by atoms with van der Waals surface area (Å²) in [5, 5.41) is 9.31. The van der Waals surface area contributed by atoms with Crippen molar-refractivity contribution in [3.8, 4) is 0 Å². The molecule has 0 spiro atoms. The molecule has 0 aliphatic carbocycles. The van der Waals surface area contributed by atoms with Crippen molar-refractivity contribution < 1.29 is 18.3 Å². The van der Waals surface area contributed by atoms with Gasteiger partial charge >= 0.3 is 5.97 Å². The number of carbonyl (C=O) groups is 1. The summed E-state index contributed by atoms with van der Waals surface area (Å²) in [5.41, 5.74) is 0. The Morgan fingerprint density at radius 2 is 2.16 bits per heavy atom. The summed E-state index contributed by atoms with van der Waals surface area (Å²) in [6, 6.07) is 0.136. The van der Waals surface area contributed by atoms with Crippen molar-refractivity contribution in [2.75, 3.05) is 0 Å². The van der Waals surface area contributed by atoms with Crippen molar-refractivity contribution in [2.24, 2.45) is 5.92 Å². The smallest absolute Gasteiger partial charge is 0.321 e. The number of rotatable bonds is 6. The standard InChI is InChI=1S/C10H13BrClNO4S2/c1-5(2)3-7(10(14)15)13-19(16,17)8-4-6(12)9(11)18-8/h4-5,7,13H,3H2,1-2H3,(H,14,15)/t7-/m1/s1. The summed E-state index contributed by atoms with van der Waals surface area (Å²) in [6.07, 6.45) is 0.217. The lowest BCUT2D eigenvalue weighted by Crippen LogP contribution is -2.41. The molecular weight excluding hydrogens is 378 g/mol. The molecule has 19 heavy (non-hydrogen) atoms. The molecule has 0 radical (unpaired) electrons. The Balaban J connectivity index is 2.97. The van der Waals surface area contributed by atoms with Gasteiger partial charge in [-0.1, -0.05) is 25.4 Å². The zero-order valence-electron chi connectivity index (χ0n) is 10.2. The van der Waals surface area contributed by atoms with Gasteiger partial charge in [-0.25, -0.2) is 8.42 Å². The Bertz CT molecular complexity index is 551. The number of hydrogen-bond acceptors (Lipinski definition) is 4. The molecule has 0 aliphatic heterocycles. The van der Waals surface area contributed by atoms with Crippen LogP contribution in [0.2, 0.25) is 5.02 Å². The third kappa shape index (κ3) is 4.71. The number of sulfonamides is 1. The van der Waals surface area contributed by atoms with Gasteiger partial charge in [-0.05, 0) is 34.3 Å². The minimum absolute atomic E-state index is 0.0145. The molecule has 1 rings (SSSR count). The van der Waals surface area contributed by atoms with E-state index in [1.807, 2.05) is 13.8 Å². The predicted octanol–water partition coefficient (Wildman–Crippen LogP) is 2.94. The molecule has 0 saturated heterocycles. The Hall–Kier alpha value is -0.150. The third-order valence-electron chi connectivity index (χ3n) is 2.19. The maximum absolute atomic E-state index is 12.1. The van der Waals surface area contributed by atoms with Crippen LogP contribution in [0.1, 0.15) is 20.3 Å². The fourth-order valence-corrected chi connectivity index (χ4v) is 4.99. The van der Waals surface area contributed by atoms with E-state index in [2.05, 4.69) is 20.7 Å². The summed E-state index contributed by atoms with van der Waals surface area (Å²) >= 11 is 9.83. The first-order chi connectivity index (χ1) is 8.63. The topological polar surface area (TPSA) is 83.5 Å². The van der Waals surface area contributed by atoms with Gasteiger partial charge in [0.1, 0.15) is 10.3 Å². The third-order valence-corrected chi connectivity index (χ3v) is 6.61. The number of aliphatic carboxylic acids is 1. The van der Waals surface area contributed by atoms with Crippen LogP contribution in [0.25, 0.3) is 0 Å². The molecule has 9 heteroatoms. The monoisotopic (exact) mass is 389 g/mol. The summed E-state index contributed by atoms with van der Waals surface area (Å²) in [7, 11) is -3.88. The van der Waals surface area contributed by atoms with E-state index in [0.29, 0.717) is 3.79 Å². The van der Waals surface area contributed by atoms with Crippen LogP contribution < -0.4 is 4.72 Å². The minimum Gasteiger partial charge on any atom is -0.480 e. The van der Waals surface area contributed by atoms with Gasteiger partial charge in [-0.2, -0.15) is 4.72 Å². The van der Waals surface area contributed by atoms with Crippen molar-refractivity contribution in [2.45, 2.75) is 30.5 Å². The van der Waals surface area contributed by atoms with E-state index in [4.69, 9.17) is 16.7 Å². The lowest BCUT2D eigenvalue weighted by molar-refractivity contribution is -0.139. The average Bonchev–Trinajstić information content (AvgIpc) is 2.58. The molecule has 0 unspecified atom stereocenters. The molecule has 0 amide bonds. The summed E-state index contributed by atoms with van der Waals surface area (Å²) in [4.78, 5) is 11.1. The number of carboxylic acids is 1. The van der Waals surface area contributed by atoms with Crippen LogP contribution >= 0.6 is 38.9 Å². The number of nitrogens with one attached hydrogen (secondary N) is 1. The quantitative estimate of drug-likeness (QED) is 0.782. The molecule has 1 aromatic rings. The van der Waals surface area contributed by atoms with Crippen LogP contribution in [0.15, 0.2) is 14.1 Å². The molecular formula is C10H13BrClNO4S2. The molecule has 108 valence electrons. The van der Waals surface area contributed by atoms with Gasteiger partial charge in [0.25, 0.3) is 10.0 Å². The Morgan fingerprint density at radius 3 is 2.53 bits per heavy atom. The van der Waals surface area contributed by atoms with Gasteiger partial charge in [0.05, 0.1) is 8.81 Å². The fourth-order valence-electron chi connectivity index (χ4n) is 1.38. The highest BCUT2D eigenvalue weighted by Crippen LogP contribution is 2.34. The van der Waals surface area contributed by atoms with E-state index in [-0.39, 0.29) is 21.6 Å². The second kappa shape index (κ2) is 6.53.